The molecule has 21 heavy (non-hydrogen) atoms. The van der Waals surface area contributed by atoms with Gasteiger partial charge in [-0.2, -0.15) is 0 Å². The summed E-state index contributed by atoms with van der Waals surface area (Å²) in [4.78, 5) is 2.15. The second-order valence-electron chi connectivity index (χ2n) is 5.12. The third-order valence-electron chi connectivity index (χ3n) is 3.02. The lowest BCUT2D eigenvalue weighted by Gasteiger charge is -2.30. The van der Waals surface area contributed by atoms with Gasteiger partial charge in [0.05, 0.1) is 39.1 Å². The fourth-order valence-electron chi connectivity index (χ4n) is 1.89. The van der Waals surface area contributed by atoms with Crippen LogP contribution >= 0.6 is 0 Å². The van der Waals surface area contributed by atoms with Gasteiger partial charge in [-0.05, 0) is 20.4 Å². The fourth-order valence-corrected chi connectivity index (χ4v) is 1.89. The largest absolute Gasteiger partial charge is 0.477 e. The second kappa shape index (κ2) is 11.8. The topological polar surface area (TPSA) is 52.2 Å². The molecule has 1 rings (SSSR count). The molecule has 0 atom stereocenters. The van der Waals surface area contributed by atoms with E-state index >= 15 is 0 Å². The first-order valence-corrected chi connectivity index (χ1v) is 7.74. The van der Waals surface area contributed by atoms with Crippen LogP contribution in [0.25, 0.3) is 0 Å². The molecule has 0 aromatic rings. The van der Waals surface area contributed by atoms with Crippen molar-refractivity contribution in [1.82, 2.24) is 10.2 Å². The summed E-state index contributed by atoms with van der Waals surface area (Å²) < 4.78 is 21.8. The number of ether oxygens (including phenoxy) is 4. The maximum atomic E-state index is 5.57. The minimum Gasteiger partial charge on any atom is -0.477 e. The highest BCUT2D eigenvalue weighted by Crippen LogP contribution is 2.04. The van der Waals surface area contributed by atoms with Crippen molar-refractivity contribution in [3.05, 3.63) is 12.5 Å². The third-order valence-corrected chi connectivity index (χ3v) is 3.02. The van der Waals surface area contributed by atoms with Gasteiger partial charge in [-0.1, -0.05) is 0 Å². The maximum Gasteiger partial charge on any atom is 0.181 e. The lowest BCUT2D eigenvalue weighted by Crippen LogP contribution is -2.43. The lowest BCUT2D eigenvalue weighted by atomic mass is 10.4. The van der Waals surface area contributed by atoms with Crippen LogP contribution in [0.15, 0.2) is 12.5 Å². The SMILES string of the molecule is C=C(OCCOCCOCCOC(C)C)N1CCNCC1. The number of nitrogens with zero attached hydrogens (tertiary/aromatic N) is 1. The van der Waals surface area contributed by atoms with E-state index in [9.17, 15) is 0 Å². The van der Waals surface area contributed by atoms with Crippen molar-refractivity contribution in [3.8, 4) is 0 Å². The molecule has 0 saturated carbocycles. The Morgan fingerprint density at radius 3 is 2.19 bits per heavy atom. The van der Waals surface area contributed by atoms with Crippen LogP contribution in [-0.4, -0.2) is 76.8 Å². The van der Waals surface area contributed by atoms with Crippen LogP contribution in [0, 0.1) is 0 Å². The van der Waals surface area contributed by atoms with Gasteiger partial charge in [0.25, 0.3) is 0 Å². The predicted octanol–water partition coefficient (Wildman–Crippen LogP) is 0.838. The van der Waals surface area contributed by atoms with Crippen molar-refractivity contribution in [2.45, 2.75) is 20.0 Å². The van der Waals surface area contributed by atoms with Crippen LogP contribution in [0.4, 0.5) is 0 Å². The van der Waals surface area contributed by atoms with Crippen molar-refractivity contribution < 1.29 is 18.9 Å². The van der Waals surface area contributed by atoms with Gasteiger partial charge >= 0.3 is 0 Å². The van der Waals surface area contributed by atoms with Gasteiger partial charge in [-0.15, -0.1) is 0 Å². The number of nitrogens with one attached hydrogen (secondary N) is 1. The Kier molecular flexibility index (Phi) is 10.2. The molecule has 0 bridgehead atoms. The van der Waals surface area contributed by atoms with Crippen molar-refractivity contribution >= 4 is 0 Å². The number of rotatable bonds is 12. The Morgan fingerprint density at radius 2 is 1.57 bits per heavy atom. The minimum absolute atomic E-state index is 0.255. The Labute approximate surface area is 128 Å². The molecule has 6 nitrogen and oxygen atoms in total. The predicted molar refractivity (Wildman–Crippen MR) is 82.3 cm³/mol. The van der Waals surface area contributed by atoms with Gasteiger partial charge < -0.3 is 29.2 Å². The zero-order valence-corrected chi connectivity index (χ0v) is 13.4. The maximum absolute atomic E-state index is 5.57. The normalized spacial score (nSPS) is 15.5. The van der Waals surface area contributed by atoms with Crippen molar-refractivity contribution in [3.63, 3.8) is 0 Å². The quantitative estimate of drug-likeness (QED) is 0.426. The molecule has 6 heteroatoms. The molecule has 0 amide bonds. The number of piperazine rings is 1. The van der Waals surface area contributed by atoms with Crippen LogP contribution in [0.3, 0.4) is 0 Å². The molecular weight excluding hydrogens is 272 g/mol. The summed E-state index contributed by atoms with van der Waals surface area (Å²) in [5.41, 5.74) is 0. The molecule has 1 saturated heterocycles. The van der Waals surface area contributed by atoms with Gasteiger partial charge in [0.15, 0.2) is 5.88 Å². The number of hydrogen-bond donors (Lipinski definition) is 1. The zero-order chi connectivity index (χ0) is 15.3. The monoisotopic (exact) mass is 302 g/mol. The third kappa shape index (κ3) is 9.68. The highest BCUT2D eigenvalue weighted by molar-refractivity contribution is 4.86. The van der Waals surface area contributed by atoms with E-state index in [-0.39, 0.29) is 6.10 Å². The Morgan fingerprint density at radius 1 is 1.00 bits per heavy atom. The van der Waals surface area contributed by atoms with E-state index < -0.39 is 0 Å². The molecule has 0 unspecified atom stereocenters. The molecule has 0 radical (unpaired) electrons. The molecular formula is C15H30N2O4. The van der Waals surface area contributed by atoms with Gasteiger partial charge in [-0.25, -0.2) is 0 Å². The zero-order valence-electron chi connectivity index (χ0n) is 13.4. The highest BCUT2D eigenvalue weighted by atomic mass is 16.6. The van der Waals surface area contributed by atoms with Crippen LogP contribution in [-0.2, 0) is 18.9 Å². The van der Waals surface area contributed by atoms with E-state index in [1.54, 1.807) is 0 Å². The summed E-state index contributed by atoms with van der Waals surface area (Å²) in [6, 6.07) is 0. The van der Waals surface area contributed by atoms with E-state index in [4.69, 9.17) is 18.9 Å². The molecule has 0 aliphatic carbocycles. The first kappa shape index (κ1) is 18.2. The molecule has 1 aliphatic heterocycles. The number of hydrogen-bond acceptors (Lipinski definition) is 6. The van der Waals surface area contributed by atoms with E-state index in [2.05, 4.69) is 16.8 Å². The summed E-state index contributed by atoms with van der Waals surface area (Å²) in [5.74, 6) is 0.738. The second-order valence-corrected chi connectivity index (χ2v) is 5.12. The molecule has 0 aromatic carbocycles. The summed E-state index contributed by atoms with van der Waals surface area (Å²) in [6.45, 7) is 15.3. The summed E-state index contributed by atoms with van der Waals surface area (Å²) in [5, 5.41) is 3.29. The molecule has 124 valence electrons. The first-order valence-electron chi connectivity index (χ1n) is 7.74. The van der Waals surface area contributed by atoms with E-state index in [1.807, 2.05) is 13.8 Å². The Balaban J connectivity index is 1.82. The standard InChI is InChI=1S/C15H30N2O4/c1-14(2)20-12-10-18-8-9-19-11-13-21-15(3)17-6-4-16-5-7-17/h14,16H,3-13H2,1-2H3. The van der Waals surface area contributed by atoms with Crippen molar-refractivity contribution in [2.24, 2.45) is 0 Å². The smallest absolute Gasteiger partial charge is 0.181 e. The van der Waals surface area contributed by atoms with Gasteiger partial charge in [0, 0.05) is 26.2 Å². The highest BCUT2D eigenvalue weighted by Gasteiger charge is 2.11. The molecule has 0 aromatic heterocycles. The minimum atomic E-state index is 0.255. The fraction of sp³-hybridized carbons (Fsp3) is 0.867. The van der Waals surface area contributed by atoms with Crippen LogP contribution < -0.4 is 5.32 Å². The van der Waals surface area contributed by atoms with E-state index in [1.165, 1.54) is 0 Å². The average Bonchev–Trinajstić information content (AvgIpc) is 2.49. The molecule has 1 heterocycles. The van der Waals surface area contributed by atoms with Crippen LogP contribution in [0.5, 0.6) is 0 Å². The lowest BCUT2D eigenvalue weighted by molar-refractivity contribution is -0.0112. The summed E-state index contributed by atoms with van der Waals surface area (Å²) >= 11 is 0. The van der Waals surface area contributed by atoms with Crippen molar-refractivity contribution in [2.75, 3.05) is 65.8 Å². The molecule has 0 spiro atoms. The van der Waals surface area contributed by atoms with Crippen LogP contribution in [0.1, 0.15) is 13.8 Å². The van der Waals surface area contributed by atoms with E-state index in [0.717, 1.165) is 32.1 Å². The summed E-state index contributed by atoms with van der Waals surface area (Å²) in [6.07, 6.45) is 0.255. The Bertz CT molecular complexity index is 268. The average molecular weight is 302 g/mol. The van der Waals surface area contributed by atoms with Gasteiger partial charge in [0.2, 0.25) is 0 Å². The summed E-state index contributed by atoms with van der Waals surface area (Å²) in [7, 11) is 0. The molecule has 1 fully saturated rings. The van der Waals surface area contributed by atoms with Gasteiger partial charge in [0.1, 0.15) is 6.61 Å². The molecule has 1 N–H and O–H groups in total. The van der Waals surface area contributed by atoms with Crippen molar-refractivity contribution in [1.29, 1.82) is 0 Å². The van der Waals surface area contributed by atoms with E-state index in [0.29, 0.717) is 39.6 Å². The first-order chi connectivity index (χ1) is 10.2. The van der Waals surface area contributed by atoms with Gasteiger partial charge in [-0.3, -0.25) is 0 Å². The Hall–Kier alpha value is -0.820. The molecule has 1 aliphatic rings. The van der Waals surface area contributed by atoms with Crippen LogP contribution in [0.2, 0.25) is 0 Å².